The summed E-state index contributed by atoms with van der Waals surface area (Å²) in [4.78, 5) is 18.5. The van der Waals surface area contributed by atoms with Crippen molar-refractivity contribution in [2.24, 2.45) is 0 Å². The number of nitrogens with zero attached hydrogens (tertiary/aromatic N) is 1. The van der Waals surface area contributed by atoms with E-state index in [1.807, 2.05) is 24.3 Å². The molecule has 0 unspecified atom stereocenters. The molecule has 0 spiro atoms. The van der Waals surface area contributed by atoms with E-state index >= 15 is 0 Å². The first kappa shape index (κ1) is 12.0. The first-order chi connectivity index (χ1) is 8.19. The van der Waals surface area contributed by atoms with Crippen molar-refractivity contribution in [1.82, 2.24) is 9.97 Å². The van der Waals surface area contributed by atoms with Crippen molar-refractivity contribution in [2.45, 2.75) is 6.61 Å². The Morgan fingerprint density at radius 2 is 2.24 bits per heavy atom. The monoisotopic (exact) mass is 294 g/mol. The first-order valence-corrected chi connectivity index (χ1v) is 5.83. The lowest BCUT2D eigenvalue weighted by molar-refractivity contribution is 0.181. The molecule has 0 bridgehead atoms. The Kier molecular flexibility index (Phi) is 3.71. The largest absolute Gasteiger partial charge is 0.378 e. The van der Waals surface area contributed by atoms with Crippen molar-refractivity contribution in [3.05, 3.63) is 50.9 Å². The lowest BCUT2D eigenvalue weighted by Crippen LogP contribution is -2.10. The molecule has 5 heteroatoms. The Balaban J connectivity index is 2.48. The Labute approximate surface area is 107 Å². The van der Waals surface area contributed by atoms with Gasteiger partial charge in [-0.1, -0.05) is 28.1 Å². The van der Waals surface area contributed by atoms with Crippen molar-refractivity contribution in [2.75, 3.05) is 7.11 Å². The van der Waals surface area contributed by atoms with E-state index in [0.717, 1.165) is 10.0 Å². The van der Waals surface area contributed by atoms with Crippen LogP contribution in [0.5, 0.6) is 0 Å². The van der Waals surface area contributed by atoms with E-state index in [2.05, 4.69) is 25.9 Å². The molecule has 0 amide bonds. The third kappa shape index (κ3) is 3.01. The fourth-order valence-corrected chi connectivity index (χ4v) is 1.90. The zero-order valence-electron chi connectivity index (χ0n) is 9.24. The van der Waals surface area contributed by atoms with Gasteiger partial charge in [-0.25, -0.2) is 4.98 Å². The number of halogens is 1. The van der Waals surface area contributed by atoms with Crippen molar-refractivity contribution < 1.29 is 4.74 Å². The number of aromatic amines is 1. The van der Waals surface area contributed by atoms with Gasteiger partial charge in [0.05, 0.1) is 12.3 Å². The molecule has 2 aromatic rings. The molecule has 1 aromatic heterocycles. The highest BCUT2D eigenvalue weighted by Crippen LogP contribution is 2.19. The minimum Gasteiger partial charge on any atom is -0.378 e. The van der Waals surface area contributed by atoms with E-state index in [4.69, 9.17) is 4.74 Å². The van der Waals surface area contributed by atoms with Crippen LogP contribution in [0.3, 0.4) is 0 Å². The highest BCUT2D eigenvalue weighted by atomic mass is 79.9. The van der Waals surface area contributed by atoms with Crippen molar-refractivity contribution in [1.29, 1.82) is 0 Å². The lowest BCUT2D eigenvalue weighted by atomic mass is 10.2. The van der Waals surface area contributed by atoms with Crippen LogP contribution in [0.4, 0.5) is 0 Å². The number of ether oxygens (including phenoxy) is 1. The van der Waals surface area contributed by atoms with Crippen LogP contribution < -0.4 is 5.56 Å². The maximum absolute atomic E-state index is 11.5. The Morgan fingerprint density at radius 1 is 1.41 bits per heavy atom. The quantitative estimate of drug-likeness (QED) is 0.945. The number of H-pyrrole nitrogens is 1. The predicted octanol–water partition coefficient (Wildman–Crippen LogP) is 2.35. The minimum absolute atomic E-state index is 0.179. The van der Waals surface area contributed by atoms with Gasteiger partial charge in [0.25, 0.3) is 5.56 Å². The van der Waals surface area contributed by atoms with Gasteiger partial charge in [0.1, 0.15) is 5.82 Å². The van der Waals surface area contributed by atoms with Crippen LogP contribution in [-0.4, -0.2) is 17.1 Å². The molecule has 0 saturated carbocycles. The van der Waals surface area contributed by atoms with E-state index in [9.17, 15) is 4.79 Å². The van der Waals surface area contributed by atoms with E-state index in [0.29, 0.717) is 18.1 Å². The summed E-state index contributed by atoms with van der Waals surface area (Å²) in [5, 5.41) is 0. The number of hydrogen-bond donors (Lipinski definition) is 1. The summed E-state index contributed by atoms with van der Waals surface area (Å²) >= 11 is 3.38. The number of aromatic nitrogens is 2. The van der Waals surface area contributed by atoms with Crippen LogP contribution in [0.25, 0.3) is 11.4 Å². The molecule has 1 N–H and O–H groups in total. The third-order valence-corrected chi connectivity index (χ3v) is 2.68. The molecule has 0 fully saturated rings. The molecule has 0 atom stereocenters. The molecule has 0 aliphatic heterocycles. The number of methoxy groups -OCH3 is 1. The normalized spacial score (nSPS) is 10.5. The van der Waals surface area contributed by atoms with E-state index in [1.54, 1.807) is 7.11 Å². The summed E-state index contributed by atoms with van der Waals surface area (Å²) in [5.41, 5.74) is 1.29. The van der Waals surface area contributed by atoms with Gasteiger partial charge in [-0.3, -0.25) is 4.79 Å². The molecule has 17 heavy (non-hydrogen) atoms. The number of hydrogen-bond acceptors (Lipinski definition) is 3. The zero-order valence-corrected chi connectivity index (χ0v) is 10.8. The lowest BCUT2D eigenvalue weighted by Gasteiger charge is -2.04. The first-order valence-electron chi connectivity index (χ1n) is 5.04. The van der Waals surface area contributed by atoms with Crippen LogP contribution in [0.2, 0.25) is 0 Å². The molecule has 88 valence electrons. The number of benzene rings is 1. The molecule has 0 aliphatic rings. The highest BCUT2D eigenvalue weighted by Gasteiger charge is 2.04. The van der Waals surface area contributed by atoms with Gasteiger partial charge in [-0.2, -0.15) is 0 Å². The Bertz CT molecular complexity index is 581. The molecule has 2 rings (SSSR count). The second kappa shape index (κ2) is 5.25. The number of rotatable bonds is 3. The zero-order chi connectivity index (χ0) is 12.3. The Hall–Kier alpha value is -1.46. The van der Waals surface area contributed by atoms with Crippen LogP contribution in [0.1, 0.15) is 5.69 Å². The molecule has 0 radical (unpaired) electrons. The second-order valence-electron chi connectivity index (χ2n) is 3.53. The maximum atomic E-state index is 11.5. The van der Waals surface area contributed by atoms with Gasteiger partial charge in [0, 0.05) is 23.2 Å². The fraction of sp³-hybridized carbons (Fsp3) is 0.167. The van der Waals surface area contributed by atoms with Crippen molar-refractivity contribution in [3.63, 3.8) is 0 Å². The van der Waals surface area contributed by atoms with Gasteiger partial charge < -0.3 is 9.72 Å². The van der Waals surface area contributed by atoms with Gasteiger partial charge in [0.15, 0.2) is 0 Å². The molecular formula is C12H11BrN2O2. The summed E-state index contributed by atoms with van der Waals surface area (Å²) in [6, 6.07) is 9.03. The van der Waals surface area contributed by atoms with Gasteiger partial charge >= 0.3 is 0 Å². The molecule has 0 aliphatic carbocycles. The molecular weight excluding hydrogens is 284 g/mol. The van der Waals surface area contributed by atoms with Crippen molar-refractivity contribution in [3.8, 4) is 11.4 Å². The molecule has 0 saturated heterocycles. The summed E-state index contributed by atoms with van der Waals surface area (Å²) < 4.78 is 5.91. The van der Waals surface area contributed by atoms with Gasteiger partial charge in [-0.15, -0.1) is 0 Å². The summed E-state index contributed by atoms with van der Waals surface area (Å²) in [6.45, 7) is 0.324. The van der Waals surface area contributed by atoms with Crippen LogP contribution in [0, 0.1) is 0 Å². The minimum atomic E-state index is -0.179. The summed E-state index contributed by atoms with van der Waals surface area (Å²) in [6.07, 6.45) is 0. The topological polar surface area (TPSA) is 55.0 Å². The smallest absolute Gasteiger partial charge is 0.251 e. The van der Waals surface area contributed by atoms with Crippen LogP contribution >= 0.6 is 15.9 Å². The maximum Gasteiger partial charge on any atom is 0.251 e. The van der Waals surface area contributed by atoms with E-state index < -0.39 is 0 Å². The van der Waals surface area contributed by atoms with Crippen molar-refractivity contribution >= 4 is 15.9 Å². The van der Waals surface area contributed by atoms with E-state index in [-0.39, 0.29) is 5.56 Å². The number of nitrogens with one attached hydrogen (secondary N) is 1. The fourth-order valence-electron chi connectivity index (χ4n) is 1.50. The average molecular weight is 295 g/mol. The van der Waals surface area contributed by atoms with Gasteiger partial charge in [0.2, 0.25) is 0 Å². The standard InChI is InChI=1S/C12H11BrN2O2/c1-17-7-10-6-11(16)15-12(14-10)8-3-2-4-9(13)5-8/h2-6H,7H2,1H3,(H,14,15,16). The second-order valence-corrected chi connectivity index (χ2v) is 4.44. The average Bonchev–Trinajstić information content (AvgIpc) is 2.28. The molecule has 4 nitrogen and oxygen atoms in total. The summed E-state index contributed by atoms with van der Waals surface area (Å²) in [5.74, 6) is 0.547. The SMILES string of the molecule is COCc1cc(=O)[nH]c(-c2cccc(Br)c2)n1. The highest BCUT2D eigenvalue weighted by molar-refractivity contribution is 9.10. The molecule has 1 heterocycles. The predicted molar refractivity (Wildman–Crippen MR) is 68.7 cm³/mol. The summed E-state index contributed by atoms with van der Waals surface area (Å²) in [7, 11) is 1.57. The van der Waals surface area contributed by atoms with E-state index in [1.165, 1.54) is 6.07 Å². The van der Waals surface area contributed by atoms with Crippen LogP contribution in [-0.2, 0) is 11.3 Å². The molecule has 1 aromatic carbocycles. The third-order valence-electron chi connectivity index (χ3n) is 2.18. The van der Waals surface area contributed by atoms with Crippen LogP contribution in [0.15, 0.2) is 39.6 Å². The Morgan fingerprint density at radius 3 is 2.94 bits per heavy atom. The van der Waals surface area contributed by atoms with Gasteiger partial charge in [-0.05, 0) is 12.1 Å².